The molecule has 0 saturated carbocycles. The van der Waals surface area contributed by atoms with E-state index >= 15 is 0 Å². The lowest BCUT2D eigenvalue weighted by Crippen LogP contribution is -1.95. The second-order valence-electron chi connectivity index (χ2n) is 7.32. The number of ether oxygens (including phenoxy) is 2. The van der Waals surface area contributed by atoms with Crippen LogP contribution < -0.4 is 9.47 Å². The van der Waals surface area contributed by atoms with Crippen LogP contribution in [0.1, 0.15) is 16.7 Å². The van der Waals surface area contributed by atoms with Gasteiger partial charge < -0.3 is 9.47 Å². The van der Waals surface area contributed by atoms with Crippen molar-refractivity contribution >= 4 is 11.6 Å². The van der Waals surface area contributed by atoms with Gasteiger partial charge in [-0.05, 0) is 48.9 Å². The van der Waals surface area contributed by atoms with E-state index in [0.717, 1.165) is 33.6 Å². The van der Waals surface area contributed by atoms with Gasteiger partial charge in [0.15, 0.2) is 11.5 Å². The molecule has 0 unspecified atom stereocenters. The Kier molecular flexibility index (Phi) is 6.05. The van der Waals surface area contributed by atoms with Crippen molar-refractivity contribution in [3.05, 3.63) is 95.7 Å². The van der Waals surface area contributed by atoms with Gasteiger partial charge in [0.2, 0.25) is 0 Å². The molecule has 0 fully saturated rings. The Morgan fingerprint density at radius 1 is 0.938 bits per heavy atom. The number of allylic oxidation sites excluding steroid dienone is 1. The number of benzene rings is 3. The Labute approximate surface area is 187 Å². The number of hydrogen-bond acceptors (Lipinski definition) is 4. The second kappa shape index (κ2) is 9.23. The molecule has 5 nitrogen and oxygen atoms in total. The highest BCUT2D eigenvalue weighted by Crippen LogP contribution is 2.34. The summed E-state index contributed by atoms with van der Waals surface area (Å²) < 4.78 is 12.7. The van der Waals surface area contributed by atoms with Crippen LogP contribution in [0.2, 0.25) is 0 Å². The topological polar surface area (TPSA) is 60.1 Å². The van der Waals surface area contributed by atoms with Crippen molar-refractivity contribution in [3.8, 4) is 34.5 Å². The molecule has 3 aromatic carbocycles. The van der Waals surface area contributed by atoms with Crippen LogP contribution in [0.15, 0.2) is 79.0 Å². The fraction of sp³-hybridized carbons (Fsp3) is 0.111. The number of methoxy groups -OCH3 is 2. The molecule has 32 heavy (non-hydrogen) atoms. The molecule has 0 saturated heterocycles. The zero-order chi connectivity index (χ0) is 22.5. The predicted molar refractivity (Wildman–Crippen MR) is 127 cm³/mol. The molecule has 4 aromatic rings. The first kappa shape index (κ1) is 21.0. The summed E-state index contributed by atoms with van der Waals surface area (Å²) >= 11 is 0. The Bertz CT molecular complexity index is 1310. The predicted octanol–water partition coefficient (Wildman–Crippen LogP) is 5.93. The molecule has 0 radical (unpaired) electrons. The molecule has 5 heteroatoms. The quantitative estimate of drug-likeness (QED) is 0.362. The summed E-state index contributed by atoms with van der Waals surface area (Å²) in [5, 5.41) is 14.7. The summed E-state index contributed by atoms with van der Waals surface area (Å²) in [6, 6.07) is 25.8. The highest BCUT2D eigenvalue weighted by molar-refractivity contribution is 5.92. The van der Waals surface area contributed by atoms with E-state index in [1.165, 1.54) is 0 Å². The lowest BCUT2D eigenvalue weighted by molar-refractivity contribution is 0.355. The van der Waals surface area contributed by atoms with E-state index in [1.54, 1.807) is 14.2 Å². The molecule has 158 valence electrons. The number of aryl methyl sites for hydroxylation is 1. The number of nitriles is 1. The maximum absolute atomic E-state index is 9.89. The monoisotopic (exact) mass is 421 g/mol. The highest BCUT2D eigenvalue weighted by atomic mass is 16.5. The highest BCUT2D eigenvalue weighted by Gasteiger charge is 2.15. The lowest BCUT2D eigenvalue weighted by Gasteiger charge is -2.09. The molecule has 0 aliphatic carbocycles. The molecule has 0 bridgehead atoms. The van der Waals surface area contributed by atoms with Crippen LogP contribution in [-0.4, -0.2) is 24.0 Å². The largest absolute Gasteiger partial charge is 0.493 e. The van der Waals surface area contributed by atoms with Gasteiger partial charge in [-0.3, -0.25) is 0 Å². The number of rotatable bonds is 6. The van der Waals surface area contributed by atoms with Crippen molar-refractivity contribution in [2.24, 2.45) is 0 Å². The second-order valence-corrected chi connectivity index (χ2v) is 7.32. The average molecular weight is 422 g/mol. The fourth-order valence-electron chi connectivity index (χ4n) is 3.56. The Hall–Kier alpha value is -4.30. The van der Waals surface area contributed by atoms with Gasteiger partial charge in [-0.15, -0.1) is 0 Å². The third-order valence-corrected chi connectivity index (χ3v) is 5.17. The fourth-order valence-corrected chi connectivity index (χ4v) is 3.56. The zero-order valence-corrected chi connectivity index (χ0v) is 18.2. The first-order chi connectivity index (χ1) is 15.6. The third kappa shape index (κ3) is 4.26. The first-order valence-electron chi connectivity index (χ1n) is 10.2. The molecular formula is C27H23N3O2. The van der Waals surface area contributed by atoms with Gasteiger partial charge in [0.1, 0.15) is 5.69 Å². The smallest absolute Gasteiger partial charge is 0.161 e. The maximum Gasteiger partial charge on any atom is 0.161 e. The average Bonchev–Trinajstić information content (AvgIpc) is 3.26. The van der Waals surface area contributed by atoms with E-state index in [-0.39, 0.29) is 0 Å². The summed E-state index contributed by atoms with van der Waals surface area (Å²) in [4.78, 5) is 0. The molecule has 0 amide bonds. The molecule has 1 heterocycles. The number of aromatic nitrogens is 2. The van der Waals surface area contributed by atoms with Crippen LogP contribution in [0.25, 0.3) is 28.6 Å². The van der Waals surface area contributed by atoms with Crippen molar-refractivity contribution < 1.29 is 9.47 Å². The molecular weight excluding hydrogens is 398 g/mol. The van der Waals surface area contributed by atoms with Gasteiger partial charge in [-0.1, -0.05) is 48.0 Å². The number of para-hydroxylation sites is 1. The molecule has 0 atom stereocenters. The molecule has 0 spiro atoms. The SMILES string of the molecule is COc1ccc(-c2nn(-c3ccccc3)cc2C=C(C#N)c2cccc(C)c2)cc1OC. The molecule has 0 N–H and O–H groups in total. The van der Waals surface area contributed by atoms with E-state index in [0.29, 0.717) is 17.1 Å². The van der Waals surface area contributed by atoms with Gasteiger partial charge in [0.05, 0.1) is 31.5 Å². The van der Waals surface area contributed by atoms with Crippen LogP contribution >= 0.6 is 0 Å². The van der Waals surface area contributed by atoms with Crippen LogP contribution in [0.4, 0.5) is 0 Å². The van der Waals surface area contributed by atoms with E-state index in [9.17, 15) is 5.26 Å². The first-order valence-corrected chi connectivity index (χ1v) is 10.2. The van der Waals surface area contributed by atoms with Gasteiger partial charge in [0, 0.05) is 17.3 Å². The molecule has 0 aliphatic rings. The summed E-state index contributed by atoms with van der Waals surface area (Å²) in [5.74, 6) is 1.27. The van der Waals surface area contributed by atoms with Crippen molar-refractivity contribution in [2.75, 3.05) is 14.2 Å². The Morgan fingerprint density at radius 3 is 2.41 bits per heavy atom. The van der Waals surface area contributed by atoms with Crippen LogP contribution in [0, 0.1) is 18.3 Å². The minimum Gasteiger partial charge on any atom is -0.493 e. The van der Waals surface area contributed by atoms with Crippen LogP contribution in [0.3, 0.4) is 0 Å². The van der Waals surface area contributed by atoms with E-state index < -0.39 is 0 Å². The van der Waals surface area contributed by atoms with Crippen molar-refractivity contribution in [3.63, 3.8) is 0 Å². The zero-order valence-electron chi connectivity index (χ0n) is 18.2. The van der Waals surface area contributed by atoms with Gasteiger partial charge >= 0.3 is 0 Å². The van der Waals surface area contributed by atoms with E-state index in [1.807, 2.05) is 96.7 Å². The minimum absolute atomic E-state index is 0.572. The van der Waals surface area contributed by atoms with Gasteiger partial charge in [-0.2, -0.15) is 10.4 Å². The molecule has 0 aliphatic heterocycles. The Balaban J connectivity index is 1.89. The normalized spacial score (nSPS) is 11.1. The summed E-state index contributed by atoms with van der Waals surface area (Å²) in [6.07, 6.45) is 3.82. The minimum atomic E-state index is 0.572. The van der Waals surface area contributed by atoms with Crippen molar-refractivity contribution in [1.29, 1.82) is 5.26 Å². The lowest BCUT2D eigenvalue weighted by atomic mass is 10.0. The molecule has 1 aromatic heterocycles. The maximum atomic E-state index is 9.89. The van der Waals surface area contributed by atoms with E-state index in [4.69, 9.17) is 14.6 Å². The van der Waals surface area contributed by atoms with Gasteiger partial charge in [-0.25, -0.2) is 4.68 Å². The van der Waals surface area contributed by atoms with Crippen LogP contribution in [0.5, 0.6) is 11.5 Å². The van der Waals surface area contributed by atoms with Crippen molar-refractivity contribution in [1.82, 2.24) is 9.78 Å². The third-order valence-electron chi connectivity index (χ3n) is 5.17. The van der Waals surface area contributed by atoms with Crippen molar-refractivity contribution in [2.45, 2.75) is 6.92 Å². The number of nitrogens with zero attached hydrogens (tertiary/aromatic N) is 3. The summed E-state index contributed by atoms with van der Waals surface area (Å²) in [5.41, 5.74) is 5.92. The summed E-state index contributed by atoms with van der Waals surface area (Å²) in [7, 11) is 3.22. The summed E-state index contributed by atoms with van der Waals surface area (Å²) in [6.45, 7) is 2.01. The van der Waals surface area contributed by atoms with Crippen LogP contribution in [-0.2, 0) is 0 Å². The standard InChI is InChI=1S/C27H23N3O2/c1-19-8-7-9-20(14-19)22(17-28)15-23-18-30(24-10-5-4-6-11-24)29-27(23)21-12-13-25(31-2)26(16-21)32-3/h4-16,18H,1-3H3. The Morgan fingerprint density at radius 2 is 1.72 bits per heavy atom. The van der Waals surface area contributed by atoms with E-state index in [2.05, 4.69) is 6.07 Å². The number of hydrogen-bond donors (Lipinski definition) is 0. The molecule has 4 rings (SSSR count). The van der Waals surface area contributed by atoms with Gasteiger partial charge in [0.25, 0.3) is 0 Å².